The van der Waals surface area contributed by atoms with Crippen molar-refractivity contribution in [2.75, 3.05) is 0 Å². The molecule has 7 heteroatoms. The van der Waals surface area contributed by atoms with Crippen LogP contribution in [0.2, 0.25) is 0 Å². The van der Waals surface area contributed by atoms with Crippen molar-refractivity contribution in [3.05, 3.63) is 45.3 Å². The molecule has 0 saturated carbocycles. The highest BCUT2D eigenvalue weighted by Gasteiger charge is 2.30. The van der Waals surface area contributed by atoms with Crippen LogP contribution in [-0.2, 0) is 4.79 Å². The molecule has 0 aliphatic carbocycles. The van der Waals surface area contributed by atoms with Crippen molar-refractivity contribution in [2.45, 2.75) is 20.8 Å². The molecule has 0 amide bonds. The van der Waals surface area contributed by atoms with E-state index in [-0.39, 0.29) is 5.56 Å². The molecule has 0 saturated heterocycles. The molecule has 0 aliphatic heterocycles. The van der Waals surface area contributed by atoms with Crippen LogP contribution in [0.3, 0.4) is 0 Å². The molecule has 1 rings (SSSR count). The Morgan fingerprint density at radius 3 is 2.43 bits per heavy atom. The van der Waals surface area contributed by atoms with Crippen LogP contribution in [0.15, 0.2) is 23.8 Å². The summed E-state index contributed by atoms with van der Waals surface area (Å²) in [4.78, 5) is 22.1. The third-order valence-corrected chi connectivity index (χ3v) is 2.67. The maximum absolute atomic E-state index is 13.1. The van der Waals surface area contributed by atoms with Gasteiger partial charge in [-0.05, 0) is 12.1 Å². The van der Waals surface area contributed by atoms with E-state index in [1.807, 2.05) is 0 Å². The zero-order chi connectivity index (χ0) is 16.4. The number of halogens is 1. The number of nitro groups is 1. The van der Waals surface area contributed by atoms with E-state index < -0.39 is 39.0 Å². The van der Waals surface area contributed by atoms with Gasteiger partial charge in [-0.15, -0.1) is 0 Å². The summed E-state index contributed by atoms with van der Waals surface area (Å²) in [5.41, 5.74) is -2.65. The second-order valence-corrected chi connectivity index (χ2v) is 5.33. The van der Waals surface area contributed by atoms with E-state index in [0.717, 1.165) is 12.1 Å². The molecule has 0 aliphatic rings. The highest BCUT2D eigenvalue weighted by atomic mass is 19.1. The van der Waals surface area contributed by atoms with Crippen LogP contribution in [0.5, 0.6) is 0 Å². The molecule has 0 spiro atoms. The predicted octanol–water partition coefficient (Wildman–Crippen LogP) is 3.14. The standard InChI is InChI=1S/C14H13FN2O4/c1-14(2,3)13(19)10(7-16)12(18)9-5-4-8(15)6-11(9)17(20)21/h4-6,18H,1-3H3. The van der Waals surface area contributed by atoms with Crippen LogP contribution < -0.4 is 0 Å². The molecule has 1 N–H and O–H groups in total. The van der Waals surface area contributed by atoms with Crippen molar-refractivity contribution in [3.8, 4) is 6.07 Å². The molecule has 21 heavy (non-hydrogen) atoms. The summed E-state index contributed by atoms with van der Waals surface area (Å²) in [6.45, 7) is 4.62. The van der Waals surface area contributed by atoms with Gasteiger partial charge in [0.2, 0.25) is 0 Å². The second-order valence-electron chi connectivity index (χ2n) is 5.33. The summed E-state index contributed by atoms with van der Waals surface area (Å²) in [5.74, 6) is -2.36. The van der Waals surface area contributed by atoms with Crippen LogP contribution >= 0.6 is 0 Å². The zero-order valence-electron chi connectivity index (χ0n) is 11.7. The number of aliphatic hydroxyl groups is 1. The number of allylic oxidation sites excluding steroid dienone is 1. The van der Waals surface area contributed by atoms with Crippen LogP contribution in [0.1, 0.15) is 26.3 Å². The first kappa shape index (κ1) is 16.3. The largest absolute Gasteiger partial charge is 0.506 e. The Morgan fingerprint density at radius 2 is 2.00 bits per heavy atom. The average Bonchev–Trinajstić information content (AvgIpc) is 2.37. The minimum atomic E-state index is -0.951. The van der Waals surface area contributed by atoms with Gasteiger partial charge in [0, 0.05) is 5.41 Å². The Bertz CT molecular complexity index is 681. The monoisotopic (exact) mass is 292 g/mol. The highest BCUT2D eigenvalue weighted by Crippen LogP contribution is 2.30. The van der Waals surface area contributed by atoms with Crippen molar-refractivity contribution in [1.82, 2.24) is 0 Å². The fraction of sp³-hybridized carbons (Fsp3) is 0.286. The number of hydrogen-bond acceptors (Lipinski definition) is 5. The number of Topliss-reactive ketones (excluding diaryl/α,β-unsaturated/α-hetero) is 1. The third-order valence-electron chi connectivity index (χ3n) is 2.67. The van der Waals surface area contributed by atoms with Crippen LogP contribution in [0, 0.1) is 32.7 Å². The van der Waals surface area contributed by atoms with Gasteiger partial charge >= 0.3 is 0 Å². The van der Waals surface area contributed by atoms with Crippen molar-refractivity contribution >= 4 is 17.2 Å². The van der Waals surface area contributed by atoms with Gasteiger partial charge < -0.3 is 5.11 Å². The number of benzene rings is 1. The Balaban J connectivity index is 3.58. The van der Waals surface area contributed by atoms with E-state index in [9.17, 15) is 24.4 Å². The van der Waals surface area contributed by atoms with E-state index in [1.54, 1.807) is 26.8 Å². The molecule has 110 valence electrons. The predicted molar refractivity (Wildman–Crippen MR) is 72.7 cm³/mol. The lowest BCUT2D eigenvalue weighted by atomic mass is 9.85. The highest BCUT2D eigenvalue weighted by molar-refractivity contribution is 6.08. The molecule has 0 fully saturated rings. The summed E-state index contributed by atoms with van der Waals surface area (Å²) in [5, 5.41) is 30.0. The minimum Gasteiger partial charge on any atom is -0.506 e. The summed E-state index contributed by atoms with van der Waals surface area (Å²) in [6.07, 6.45) is 0. The Hall–Kier alpha value is -2.75. The maximum atomic E-state index is 13.1. The quantitative estimate of drug-likeness (QED) is 0.303. The molecule has 0 unspecified atom stereocenters. The van der Waals surface area contributed by atoms with Gasteiger partial charge in [-0.2, -0.15) is 5.26 Å². The third kappa shape index (κ3) is 3.42. The van der Waals surface area contributed by atoms with Crippen molar-refractivity contribution in [2.24, 2.45) is 5.41 Å². The maximum Gasteiger partial charge on any atom is 0.283 e. The Morgan fingerprint density at radius 1 is 1.43 bits per heavy atom. The van der Waals surface area contributed by atoms with E-state index in [1.165, 1.54) is 0 Å². The summed E-state index contributed by atoms with van der Waals surface area (Å²) < 4.78 is 13.1. The van der Waals surface area contributed by atoms with E-state index in [2.05, 4.69) is 0 Å². The molecule has 0 heterocycles. The second kappa shape index (κ2) is 5.71. The van der Waals surface area contributed by atoms with Crippen molar-refractivity contribution < 1.29 is 19.2 Å². The molecular formula is C14H13FN2O4. The number of ketones is 1. The van der Waals surface area contributed by atoms with Gasteiger partial charge in [0.05, 0.1) is 16.6 Å². The fourth-order valence-corrected chi connectivity index (χ4v) is 1.58. The smallest absolute Gasteiger partial charge is 0.283 e. The van der Waals surface area contributed by atoms with Gasteiger partial charge in [-0.1, -0.05) is 20.8 Å². The van der Waals surface area contributed by atoms with Crippen molar-refractivity contribution in [1.29, 1.82) is 5.26 Å². The van der Waals surface area contributed by atoms with E-state index in [4.69, 9.17) is 5.26 Å². The Labute approximate surface area is 120 Å². The first-order chi connectivity index (χ1) is 9.59. The average molecular weight is 292 g/mol. The normalized spacial score (nSPS) is 12.3. The number of carbonyl (C=O) groups excluding carboxylic acids is 1. The summed E-state index contributed by atoms with van der Waals surface area (Å²) in [6, 6.07) is 4.02. The van der Waals surface area contributed by atoms with Gasteiger partial charge in [-0.25, -0.2) is 4.39 Å². The molecule has 0 bridgehead atoms. The SMILES string of the molecule is CC(C)(C)C(=O)C(C#N)=C(O)c1ccc(F)cc1[N+](=O)[O-]. The molecule has 1 aromatic rings. The fourth-order valence-electron chi connectivity index (χ4n) is 1.58. The van der Waals surface area contributed by atoms with Gasteiger partial charge in [0.15, 0.2) is 11.5 Å². The zero-order valence-corrected chi connectivity index (χ0v) is 11.7. The molecule has 1 aromatic carbocycles. The van der Waals surface area contributed by atoms with Gasteiger partial charge in [0.1, 0.15) is 17.5 Å². The van der Waals surface area contributed by atoms with E-state index >= 15 is 0 Å². The summed E-state index contributed by atoms with van der Waals surface area (Å²) in [7, 11) is 0. The Kier molecular flexibility index (Phi) is 4.43. The lowest BCUT2D eigenvalue weighted by Gasteiger charge is -2.16. The topological polar surface area (TPSA) is 104 Å². The lowest BCUT2D eigenvalue weighted by molar-refractivity contribution is -0.385. The van der Waals surface area contributed by atoms with Crippen molar-refractivity contribution in [3.63, 3.8) is 0 Å². The molecule has 6 nitrogen and oxygen atoms in total. The molecular weight excluding hydrogens is 279 g/mol. The van der Waals surface area contributed by atoms with Crippen LogP contribution in [-0.4, -0.2) is 15.8 Å². The molecule has 0 radical (unpaired) electrons. The van der Waals surface area contributed by atoms with Crippen LogP contribution in [0.4, 0.5) is 10.1 Å². The number of hydrogen-bond donors (Lipinski definition) is 1. The number of nitrogens with zero attached hydrogens (tertiary/aromatic N) is 2. The number of aliphatic hydroxyl groups excluding tert-OH is 1. The molecule has 0 aromatic heterocycles. The number of nitriles is 1. The molecule has 0 atom stereocenters. The van der Waals surface area contributed by atoms with Gasteiger partial charge in [-0.3, -0.25) is 14.9 Å². The number of carbonyl (C=O) groups is 1. The van der Waals surface area contributed by atoms with E-state index in [0.29, 0.717) is 6.07 Å². The first-order valence-electron chi connectivity index (χ1n) is 5.92. The van der Waals surface area contributed by atoms with Gasteiger partial charge in [0.25, 0.3) is 5.69 Å². The summed E-state index contributed by atoms with van der Waals surface area (Å²) >= 11 is 0. The lowest BCUT2D eigenvalue weighted by Crippen LogP contribution is -2.22. The first-order valence-corrected chi connectivity index (χ1v) is 5.92. The minimum absolute atomic E-state index is 0.379. The number of nitro benzene ring substituents is 1. The van der Waals surface area contributed by atoms with Crippen LogP contribution in [0.25, 0.3) is 5.76 Å². The number of rotatable bonds is 3.